The summed E-state index contributed by atoms with van der Waals surface area (Å²) in [6.07, 6.45) is 1.10. The molecular weight excluding hydrogens is 262 g/mol. The Hall–Kier alpha value is -1.55. The topological polar surface area (TPSA) is 36.9 Å². The predicted octanol–water partition coefficient (Wildman–Crippen LogP) is 2.05. The molecule has 0 aromatic heterocycles. The van der Waals surface area contributed by atoms with Crippen molar-refractivity contribution in [3.63, 3.8) is 0 Å². The van der Waals surface area contributed by atoms with Crippen molar-refractivity contribution >= 4 is 5.96 Å². The third kappa shape index (κ3) is 3.21. The Labute approximate surface area is 127 Å². The molecular formula is C17H25N3O. The summed E-state index contributed by atoms with van der Waals surface area (Å²) >= 11 is 0. The van der Waals surface area contributed by atoms with E-state index in [0.29, 0.717) is 0 Å². The normalized spacial score (nSPS) is 20.7. The number of hydrogen-bond acceptors (Lipinski definition) is 2. The van der Waals surface area contributed by atoms with E-state index in [0.717, 1.165) is 51.8 Å². The molecule has 3 rings (SSSR count). The quantitative estimate of drug-likeness (QED) is 0.683. The summed E-state index contributed by atoms with van der Waals surface area (Å²) in [5, 5.41) is 3.44. The first-order chi connectivity index (χ1) is 10.2. The van der Waals surface area contributed by atoms with Gasteiger partial charge in [0.1, 0.15) is 0 Å². The van der Waals surface area contributed by atoms with E-state index in [-0.39, 0.29) is 5.41 Å². The Kier molecular flexibility index (Phi) is 4.15. The van der Waals surface area contributed by atoms with Gasteiger partial charge >= 0.3 is 0 Å². The van der Waals surface area contributed by atoms with Crippen molar-refractivity contribution in [2.75, 3.05) is 32.8 Å². The van der Waals surface area contributed by atoms with Crippen LogP contribution < -0.4 is 5.32 Å². The molecule has 0 unspecified atom stereocenters. The zero-order valence-electron chi connectivity index (χ0n) is 13.1. The second-order valence-electron chi connectivity index (χ2n) is 6.41. The van der Waals surface area contributed by atoms with Crippen LogP contribution in [-0.4, -0.2) is 43.7 Å². The standard InChI is InChI=1S/C17H25N3O/c1-3-18-16(19-11-17(2)12-21-13-17)20-9-8-14-6-4-5-7-15(14)10-20/h4-7H,3,8-13H2,1-2H3,(H,18,19). The number of guanidine groups is 1. The van der Waals surface area contributed by atoms with Crippen LogP contribution in [0.15, 0.2) is 29.3 Å². The Morgan fingerprint density at radius 3 is 2.76 bits per heavy atom. The molecule has 0 spiro atoms. The van der Waals surface area contributed by atoms with Gasteiger partial charge in [0.25, 0.3) is 0 Å². The monoisotopic (exact) mass is 287 g/mol. The van der Waals surface area contributed by atoms with Crippen molar-refractivity contribution in [2.24, 2.45) is 10.4 Å². The first-order valence-corrected chi connectivity index (χ1v) is 7.88. The van der Waals surface area contributed by atoms with Gasteiger partial charge in [0.05, 0.1) is 19.8 Å². The summed E-state index contributed by atoms with van der Waals surface area (Å²) in [5.74, 6) is 1.04. The fraction of sp³-hybridized carbons (Fsp3) is 0.588. The first kappa shape index (κ1) is 14.4. The average Bonchev–Trinajstić information content (AvgIpc) is 2.49. The molecule has 0 radical (unpaired) electrons. The van der Waals surface area contributed by atoms with Gasteiger partial charge in [0.2, 0.25) is 0 Å². The molecule has 21 heavy (non-hydrogen) atoms. The van der Waals surface area contributed by atoms with E-state index in [2.05, 4.69) is 48.3 Å². The number of fused-ring (bicyclic) bond motifs is 1. The SMILES string of the molecule is CCNC(=NCC1(C)COC1)N1CCc2ccccc2C1. The Morgan fingerprint density at radius 2 is 2.10 bits per heavy atom. The van der Waals surface area contributed by atoms with E-state index in [1.807, 2.05) is 0 Å². The van der Waals surface area contributed by atoms with Gasteiger partial charge in [-0.1, -0.05) is 31.2 Å². The minimum Gasteiger partial charge on any atom is -0.380 e. The lowest BCUT2D eigenvalue weighted by molar-refractivity contribution is -0.0946. The molecule has 0 aliphatic carbocycles. The molecule has 1 N–H and O–H groups in total. The molecule has 4 nitrogen and oxygen atoms in total. The van der Waals surface area contributed by atoms with Gasteiger partial charge in [0, 0.05) is 25.0 Å². The summed E-state index contributed by atoms with van der Waals surface area (Å²) in [6, 6.07) is 8.72. The molecule has 2 heterocycles. The maximum Gasteiger partial charge on any atom is 0.194 e. The molecule has 0 atom stereocenters. The van der Waals surface area contributed by atoms with Crippen LogP contribution >= 0.6 is 0 Å². The summed E-state index contributed by atoms with van der Waals surface area (Å²) in [6.45, 7) is 9.77. The lowest BCUT2D eigenvalue weighted by Gasteiger charge is -2.37. The van der Waals surface area contributed by atoms with E-state index in [4.69, 9.17) is 9.73 Å². The highest BCUT2D eigenvalue weighted by atomic mass is 16.5. The van der Waals surface area contributed by atoms with E-state index in [1.54, 1.807) is 0 Å². The number of nitrogens with one attached hydrogen (secondary N) is 1. The number of rotatable bonds is 3. The van der Waals surface area contributed by atoms with Crippen molar-refractivity contribution in [3.05, 3.63) is 35.4 Å². The summed E-state index contributed by atoms with van der Waals surface area (Å²) in [7, 11) is 0. The molecule has 1 fully saturated rings. The van der Waals surface area contributed by atoms with Crippen molar-refractivity contribution in [1.82, 2.24) is 10.2 Å². The van der Waals surface area contributed by atoms with Gasteiger partial charge in [-0.15, -0.1) is 0 Å². The zero-order valence-corrected chi connectivity index (χ0v) is 13.1. The summed E-state index contributed by atoms with van der Waals surface area (Å²) in [4.78, 5) is 7.23. The van der Waals surface area contributed by atoms with Gasteiger partial charge in [-0.2, -0.15) is 0 Å². The number of nitrogens with zero attached hydrogens (tertiary/aromatic N) is 2. The van der Waals surface area contributed by atoms with Crippen LogP contribution in [-0.2, 0) is 17.7 Å². The van der Waals surface area contributed by atoms with Crippen molar-refractivity contribution in [2.45, 2.75) is 26.8 Å². The predicted molar refractivity (Wildman–Crippen MR) is 85.5 cm³/mol. The van der Waals surface area contributed by atoms with Crippen LogP contribution in [0.5, 0.6) is 0 Å². The van der Waals surface area contributed by atoms with E-state index in [1.165, 1.54) is 11.1 Å². The Balaban J connectivity index is 1.71. The largest absolute Gasteiger partial charge is 0.380 e. The van der Waals surface area contributed by atoms with Crippen LogP contribution in [0, 0.1) is 5.41 Å². The minimum absolute atomic E-state index is 0.231. The lowest BCUT2D eigenvalue weighted by atomic mass is 9.89. The third-order valence-corrected chi connectivity index (χ3v) is 4.28. The van der Waals surface area contributed by atoms with Gasteiger partial charge < -0.3 is 15.0 Å². The fourth-order valence-electron chi connectivity index (χ4n) is 2.91. The molecule has 0 bridgehead atoms. The van der Waals surface area contributed by atoms with Crippen LogP contribution in [0.4, 0.5) is 0 Å². The average molecular weight is 287 g/mol. The van der Waals surface area contributed by atoms with E-state index < -0.39 is 0 Å². The number of benzene rings is 1. The first-order valence-electron chi connectivity index (χ1n) is 7.88. The molecule has 1 saturated heterocycles. The zero-order chi connectivity index (χ0) is 14.7. The van der Waals surface area contributed by atoms with Crippen molar-refractivity contribution in [3.8, 4) is 0 Å². The van der Waals surface area contributed by atoms with Crippen LogP contribution in [0.2, 0.25) is 0 Å². The van der Waals surface area contributed by atoms with Gasteiger partial charge in [-0.05, 0) is 24.5 Å². The second-order valence-corrected chi connectivity index (χ2v) is 6.41. The van der Waals surface area contributed by atoms with Gasteiger partial charge in [0.15, 0.2) is 5.96 Å². The molecule has 1 aromatic carbocycles. The molecule has 1 aromatic rings. The molecule has 2 aliphatic rings. The highest BCUT2D eigenvalue weighted by Crippen LogP contribution is 2.27. The fourth-order valence-corrected chi connectivity index (χ4v) is 2.91. The third-order valence-electron chi connectivity index (χ3n) is 4.28. The summed E-state index contributed by atoms with van der Waals surface area (Å²) < 4.78 is 5.32. The highest BCUT2D eigenvalue weighted by Gasteiger charge is 2.33. The Morgan fingerprint density at radius 1 is 1.33 bits per heavy atom. The lowest BCUT2D eigenvalue weighted by Crippen LogP contribution is -2.46. The number of hydrogen-bond donors (Lipinski definition) is 1. The van der Waals surface area contributed by atoms with E-state index in [9.17, 15) is 0 Å². The molecule has 0 amide bonds. The van der Waals surface area contributed by atoms with Gasteiger partial charge in [-0.3, -0.25) is 4.99 Å². The smallest absolute Gasteiger partial charge is 0.194 e. The van der Waals surface area contributed by atoms with E-state index >= 15 is 0 Å². The maximum absolute atomic E-state index is 5.32. The van der Waals surface area contributed by atoms with Crippen LogP contribution in [0.25, 0.3) is 0 Å². The molecule has 114 valence electrons. The van der Waals surface area contributed by atoms with Crippen molar-refractivity contribution < 1.29 is 4.74 Å². The molecule has 2 aliphatic heterocycles. The van der Waals surface area contributed by atoms with Gasteiger partial charge in [-0.25, -0.2) is 0 Å². The van der Waals surface area contributed by atoms with Crippen molar-refractivity contribution in [1.29, 1.82) is 0 Å². The minimum atomic E-state index is 0.231. The summed E-state index contributed by atoms with van der Waals surface area (Å²) in [5.41, 5.74) is 3.13. The number of ether oxygens (including phenoxy) is 1. The second kappa shape index (κ2) is 6.06. The maximum atomic E-state index is 5.32. The Bertz CT molecular complexity index is 523. The molecule has 4 heteroatoms. The number of aliphatic imine (C=N–C) groups is 1. The molecule has 0 saturated carbocycles. The highest BCUT2D eigenvalue weighted by molar-refractivity contribution is 5.80. The van der Waals surface area contributed by atoms with Crippen LogP contribution in [0.3, 0.4) is 0 Å². The van der Waals surface area contributed by atoms with Crippen LogP contribution in [0.1, 0.15) is 25.0 Å².